The number of fused-ring (bicyclic) bond motifs is 1. The molecule has 0 amide bonds. The lowest BCUT2D eigenvalue weighted by atomic mass is 10.1. The van der Waals surface area contributed by atoms with Crippen molar-refractivity contribution in [2.24, 2.45) is 0 Å². The Balaban J connectivity index is 2.15. The van der Waals surface area contributed by atoms with E-state index in [-0.39, 0.29) is 16.8 Å². The van der Waals surface area contributed by atoms with Gasteiger partial charge in [0.05, 0.1) is 17.0 Å². The van der Waals surface area contributed by atoms with Crippen LogP contribution >= 0.6 is 0 Å². The van der Waals surface area contributed by atoms with Crippen molar-refractivity contribution in [1.82, 2.24) is 9.55 Å². The van der Waals surface area contributed by atoms with Gasteiger partial charge in [-0.25, -0.2) is 4.98 Å². The van der Waals surface area contributed by atoms with E-state index in [1.54, 1.807) is 16.7 Å². The highest BCUT2D eigenvalue weighted by Crippen LogP contribution is 2.16. The first-order chi connectivity index (χ1) is 12.4. The van der Waals surface area contributed by atoms with Crippen LogP contribution in [-0.2, 0) is 6.54 Å². The maximum atomic E-state index is 12.7. The third-order valence-electron chi connectivity index (χ3n) is 4.37. The Morgan fingerprint density at radius 2 is 1.92 bits per heavy atom. The summed E-state index contributed by atoms with van der Waals surface area (Å²) in [4.78, 5) is 28.2. The molecule has 0 bridgehead atoms. The third kappa shape index (κ3) is 3.28. The molecule has 5 heteroatoms. The van der Waals surface area contributed by atoms with Crippen LogP contribution < -0.4 is 10.7 Å². The molecular weight excluding hydrogens is 328 g/mol. The molecule has 0 saturated heterocycles. The van der Waals surface area contributed by atoms with Crippen molar-refractivity contribution in [3.63, 3.8) is 0 Å². The van der Waals surface area contributed by atoms with Crippen molar-refractivity contribution in [2.75, 3.05) is 0 Å². The van der Waals surface area contributed by atoms with Crippen LogP contribution in [0.3, 0.4) is 0 Å². The van der Waals surface area contributed by atoms with Crippen LogP contribution in [-0.4, -0.2) is 15.5 Å². The van der Waals surface area contributed by atoms with Crippen LogP contribution in [0.4, 0.5) is 0 Å². The fraction of sp³-hybridized carbons (Fsp3) is 0.190. The molecule has 0 aliphatic rings. The molecule has 3 rings (SSSR count). The van der Waals surface area contributed by atoms with E-state index in [0.717, 1.165) is 11.1 Å². The molecule has 5 nitrogen and oxygen atoms in total. The molecule has 0 atom stereocenters. The van der Waals surface area contributed by atoms with Crippen LogP contribution in [0.25, 0.3) is 23.2 Å². The van der Waals surface area contributed by atoms with Gasteiger partial charge in [-0.3, -0.25) is 4.79 Å². The summed E-state index contributed by atoms with van der Waals surface area (Å²) in [6, 6.07) is 10.5. The largest absolute Gasteiger partial charge is 0.545 e. The maximum Gasteiger partial charge on any atom is 0.276 e. The van der Waals surface area contributed by atoms with Gasteiger partial charge in [0.15, 0.2) is 0 Å². The van der Waals surface area contributed by atoms with Crippen LogP contribution in [0.15, 0.2) is 41.2 Å². The Kier molecular flexibility index (Phi) is 4.71. The quantitative estimate of drug-likeness (QED) is 0.727. The molecule has 0 radical (unpaired) electrons. The monoisotopic (exact) mass is 347 g/mol. The van der Waals surface area contributed by atoms with E-state index in [4.69, 9.17) is 0 Å². The molecule has 1 aromatic heterocycles. The Morgan fingerprint density at radius 1 is 1.15 bits per heavy atom. The smallest absolute Gasteiger partial charge is 0.276 e. The maximum absolute atomic E-state index is 12.7. The summed E-state index contributed by atoms with van der Waals surface area (Å²) in [7, 11) is 0. The summed E-state index contributed by atoms with van der Waals surface area (Å²) in [5.74, 6) is -1.27. The standard InChI is InChI=1S/C21H20N2O3/c1-4-23-19-10-8-16(21(25)26)12-18(19)22-17(20(23)24)9-7-15-6-5-13(2)11-14(15)3/h5-12H,4H2,1-3H3,(H,25,26)/p-1/b9-7+. The highest BCUT2D eigenvalue weighted by molar-refractivity contribution is 5.91. The lowest BCUT2D eigenvalue weighted by molar-refractivity contribution is -0.255. The zero-order valence-electron chi connectivity index (χ0n) is 14.9. The van der Waals surface area contributed by atoms with Gasteiger partial charge >= 0.3 is 0 Å². The number of nitrogens with zero attached hydrogens (tertiary/aromatic N) is 2. The van der Waals surface area contributed by atoms with Crippen molar-refractivity contribution in [1.29, 1.82) is 0 Å². The van der Waals surface area contributed by atoms with Crippen molar-refractivity contribution >= 4 is 29.2 Å². The zero-order chi connectivity index (χ0) is 18.8. The minimum Gasteiger partial charge on any atom is -0.545 e. The van der Waals surface area contributed by atoms with E-state index in [9.17, 15) is 14.7 Å². The molecule has 3 aromatic rings. The average molecular weight is 347 g/mol. The topological polar surface area (TPSA) is 75.0 Å². The van der Waals surface area contributed by atoms with Crippen molar-refractivity contribution in [3.05, 3.63) is 74.7 Å². The Morgan fingerprint density at radius 3 is 2.58 bits per heavy atom. The summed E-state index contributed by atoms with van der Waals surface area (Å²) in [5.41, 5.74) is 4.44. The molecule has 0 N–H and O–H groups in total. The molecular formula is C21H19N2O3-. The van der Waals surface area contributed by atoms with Gasteiger partial charge in [0.1, 0.15) is 5.69 Å². The number of hydrogen-bond donors (Lipinski definition) is 0. The van der Waals surface area contributed by atoms with Gasteiger partial charge in [-0.15, -0.1) is 0 Å². The fourth-order valence-electron chi connectivity index (χ4n) is 3.00. The van der Waals surface area contributed by atoms with E-state index < -0.39 is 5.97 Å². The second-order valence-electron chi connectivity index (χ2n) is 6.23. The van der Waals surface area contributed by atoms with Crippen LogP contribution in [0.2, 0.25) is 0 Å². The van der Waals surface area contributed by atoms with Gasteiger partial charge in [-0.1, -0.05) is 35.9 Å². The molecule has 0 aliphatic heterocycles. The van der Waals surface area contributed by atoms with E-state index in [2.05, 4.69) is 11.1 Å². The first kappa shape index (κ1) is 17.6. The third-order valence-corrected chi connectivity index (χ3v) is 4.37. The molecule has 26 heavy (non-hydrogen) atoms. The van der Waals surface area contributed by atoms with Crippen LogP contribution in [0.1, 0.15) is 39.7 Å². The van der Waals surface area contributed by atoms with Gasteiger partial charge in [0, 0.05) is 6.54 Å². The van der Waals surface area contributed by atoms with Gasteiger partial charge in [0.2, 0.25) is 0 Å². The van der Waals surface area contributed by atoms with E-state index in [1.165, 1.54) is 17.7 Å². The second-order valence-corrected chi connectivity index (χ2v) is 6.23. The summed E-state index contributed by atoms with van der Waals surface area (Å²) in [6.45, 7) is 6.37. The van der Waals surface area contributed by atoms with Crippen molar-refractivity contribution < 1.29 is 9.90 Å². The number of rotatable bonds is 4. The molecule has 2 aromatic carbocycles. The molecule has 0 aliphatic carbocycles. The number of carbonyl (C=O) groups excluding carboxylic acids is 1. The molecule has 1 heterocycles. The number of aromatic carboxylic acids is 1. The number of carbonyl (C=O) groups is 1. The highest BCUT2D eigenvalue weighted by Gasteiger charge is 2.09. The average Bonchev–Trinajstić information content (AvgIpc) is 2.60. The van der Waals surface area contributed by atoms with E-state index in [1.807, 2.05) is 39.0 Å². The minimum atomic E-state index is -1.27. The second kappa shape index (κ2) is 6.96. The predicted molar refractivity (Wildman–Crippen MR) is 101 cm³/mol. The number of aryl methyl sites for hydroxylation is 3. The summed E-state index contributed by atoms with van der Waals surface area (Å²) < 4.78 is 1.59. The van der Waals surface area contributed by atoms with Gasteiger partial charge in [-0.05, 0) is 55.7 Å². The Hall–Kier alpha value is -3.21. The number of aromatic nitrogens is 2. The lowest BCUT2D eigenvalue weighted by Gasteiger charge is -2.11. The molecule has 132 valence electrons. The van der Waals surface area contributed by atoms with E-state index >= 15 is 0 Å². The predicted octanol–water partition coefficient (Wildman–Crippen LogP) is 2.57. The van der Waals surface area contributed by atoms with Gasteiger partial charge in [0.25, 0.3) is 5.56 Å². The number of hydrogen-bond acceptors (Lipinski definition) is 4. The van der Waals surface area contributed by atoms with Crippen LogP contribution in [0, 0.1) is 13.8 Å². The molecule has 0 spiro atoms. The first-order valence-electron chi connectivity index (χ1n) is 8.42. The molecule has 0 unspecified atom stereocenters. The number of carboxylic acid groups (broad SMARTS) is 1. The lowest BCUT2D eigenvalue weighted by Crippen LogP contribution is -2.25. The Labute approximate surface area is 151 Å². The number of carboxylic acids is 1. The minimum absolute atomic E-state index is 0.0376. The van der Waals surface area contributed by atoms with Crippen molar-refractivity contribution in [3.8, 4) is 0 Å². The van der Waals surface area contributed by atoms with E-state index in [0.29, 0.717) is 17.6 Å². The van der Waals surface area contributed by atoms with Gasteiger partial charge < -0.3 is 14.5 Å². The number of benzene rings is 2. The fourth-order valence-corrected chi connectivity index (χ4v) is 3.00. The SMILES string of the molecule is CCn1c(=O)c(/C=C/c2ccc(C)cc2C)nc2cc(C(=O)[O-])ccc21. The normalized spacial score (nSPS) is 11.3. The first-order valence-corrected chi connectivity index (χ1v) is 8.42. The summed E-state index contributed by atoms with van der Waals surface area (Å²) in [5, 5.41) is 11.1. The zero-order valence-corrected chi connectivity index (χ0v) is 14.9. The summed E-state index contributed by atoms with van der Waals surface area (Å²) in [6.07, 6.45) is 3.53. The summed E-state index contributed by atoms with van der Waals surface area (Å²) >= 11 is 0. The molecule has 0 fully saturated rings. The van der Waals surface area contributed by atoms with Crippen LogP contribution in [0.5, 0.6) is 0 Å². The highest BCUT2D eigenvalue weighted by atomic mass is 16.4. The molecule has 0 saturated carbocycles. The van der Waals surface area contributed by atoms with Crippen molar-refractivity contribution in [2.45, 2.75) is 27.3 Å². The Bertz CT molecular complexity index is 1090. The van der Waals surface area contributed by atoms with Gasteiger partial charge in [-0.2, -0.15) is 0 Å².